The number of carbonyl (C=O) groups excluding carboxylic acids is 1. The van der Waals surface area contributed by atoms with Gasteiger partial charge >= 0.3 is 0 Å². The third-order valence-corrected chi connectivity index (χ3v) is 5.20. The van der Waals surface area contributed by atoms with E-state index in [4.69, 9.17) is 9.84 Å². The van der Waals surface area contributed by atoms with Crippen molar-refractivity contribution < 1.29 is 14.6 Å². The van der Waals surface area contributed by atoms with Crippen molar-refractivity contribution in [2.45, 2.75) is 19.1 Å². The van der Waals surface area contributed by atoms with Crippen LogP contribution in [-0.4, -0.2) is 47.8 Å². The molecule has 1 amide bonds. The lowest BCUT2D eigenvalue weighted by Crippen LogP contribution is -2.52. The third kappa shape index (κ3) is 2.96. The van der Waals surface area contributed by atoms with E-state index in [9.17, 15) is 4.79 Å². The molecule has 1 aromatic rings. The van der Waals surface area contributed by atoms with E-state index in [1.54, 1.807) is 4.90 Å². The zero-order chi connectivity index (χ0) is 13.3. The first-order chi connectivity index (χ1) is 8.52. The molecule has 1 fully saturated rings. The van der Waals surface area contributed by atoms with Gasteiger partial charge in [0.05, 0.1) is 38.5 Å². The van der Waals surface area contributed by atoms with Crippen molar-refractivity contribution in [1.82, 2.24) is 4.90 Å². The molecule has 0 saturated carbocycles. The first kappa shape index (κ1) is 14.5. The number of halogens is 2. The molecular formula is C11H13Br2NO3S. The largest absolute Gasteiger partial charge is 0.394 e. The molecule has 2 heterocycles. The van der Waals surface area contributed by atoms with Crippen molar-refractivity contribution in [2.75, 3.05) is 19.8 Å². The van der Waals surface area contributed by atoms with Crippen molar-refractivity contribution in [2.24, 2.45) is 0 Å². The number of ether oxygens (including phenoxy) is 1. The maximum atomic E-state index is 12.5. The van der Waals surface area contributed by atoms with Crippen LogP contribution in [0.15, 0.2) is 13.6 Å². The summed E-state index contributed by atoms with van der Waals surface area (Å²) in [4.78, 5) is 14.2. The molecule has 0 aliphatic carbocycles. The van der Waals surface area contributed by atoms with E-state index in [2.05, 4.69) is 31.9 Å². The van der Waals surface area contributed by atoms with E-state index in [0.717, 1.165) is 7.57 Å². The van der Waals surface area contributed by atoms with Crippen LogP contribution in [0.4, 0.5) is 0 Å². The van der Waals surface area contributed by atoms with E-state index >= 15 is 0 Å². The standard InChI is InChI=1S/C11H13Br2NO3S/c1-6-5-17-7(4-15)3-14(6)11(16)8-2-9(12)18-10(8)13/h2,6-7,15H,3-5H2,1H3. The van der Waals surface area contributed by atoms with Gasteiger partial charge in [0.1, 0.15) is 0 Å². The van der Waals surface area contributed by atoms with Gasteiger partial charge in [0.15, 0.2) is 0 Å². The third-order valence-electron chi connectivity index (χ3n) is 2.86. The highest BCUT2D eigenvalue weighted by molar-refractivity contribution is 9.12. The highest BCUT2D eigenvalue weighted by Crippen LogP contribution is 2.33. The van der Waals surface area contributed by atoms with Crippen LogP contribution in [0.2, 0.25) is 0 Å². The van der Waals surface area contributed by atoms with Crippen LogP contribution in [0, 0.1) is 0 Å². The second-order valence-corrected chi connectivity index (χ2v) is 7.93. The number of amides is 1. The predicted octanol–water partition coefficient (Wildman–Crippen LogP) is 2.49. The Morgan fingerprint density at radius 1 is 1.67 bits per heavy atom. The molecule has 1 N–H and O–H groups in total. The molecule has 2 unspecified atom stereocenters. The van der Waals surface area contributed by atoms with E-state index in [1.165, 1.54) is 11.3 Å². The summed E-state index contributed by atoms with van der Waals surface area (Å²) >= 11 is 8.24. The van der Waals surface area contributed by atoms with Gasteiger partial charge in [-0.1, -0.05) is 0 Å². The zero-order valence-corrected chi connectivity index (χ0v) is 13.7. The Bertz CT molecular complexity index is 451. The summed E-state index contributed by atoms with van der Waals surface area (Å²) < 4.78 is 7.16. The van der Waals surface area contributed by atoms with Gasteiger partial charge in [0, 0.05) is 6.54 Å². The van der Waals surface area contributed by atoms with Crippen LogP contribution in [0.3, 0.4) is 0 Å². The average Bonchev–Trinajstić information content (AvgIpc) is 2.68. The molecule has 1 aliphatic heterocycles. The molecule has 7 heteroatoms. The van der Waals surface area contributed by atoms with Gasteiger partial charge < -0.3 is 14.7 Å². The minimum Gasteiger partial charge on any atom is -0.394 e. The molecular weight excluding hydrogens is 386 g/mol. The smallest absolute Gasteiger partial charge is 0.256 e. The minimum atomic E-state index is -0.286. The molecule has 0 aromatic carbocycles. The quantitative estimate of drug-likeness (QED) is 0.832. The molecule has 18 heavy (non-hydrogen) atoms. The number of aliphatic hydroxyl groups excluding tert-OH is 1. The van der Waals surface area contributed by atoms with Gasteiger partial charge in [-0.3, -0.25) is 4.79 Å². The van der Waals surface area contributed by atoms with Crippen molar-refractivity contribution in [1.29, 1.82) is 0 Å². The van der Waals surface area contributed by atoms with E-state index in [0.29, 0.717) is 18.7 Å². The molecule has 0 spiro atoms. The monoisotopic (exact) mass is 397 g/mol. The number of rotatable bonds is 2. The Balaban J connectivity index is 2.19. The highest BCUT2D eigenvalue weighted by Gasteiger charge is 2.31. The summed E-state index contributed by atoms with van der Waals surface area (Å²) in [6.07, 6.45) is -0.286. The van der Waals surface area contributed by atoms with Gasteiger partial charge in [0.2, 0.25) is 0 Å². The minimum absolute atomic E-state index is 0.0193. The summed E-state index contributed by atoms with van der Waals surface area (Å²) in [5, 5.41) is 9.13. The van der Waals surface area contributed by atoms with Crippen LogP contribution in [0.5, 0.6) is 0 Å². The number of nitrogens with zero attached hydrogens (tertiary/aromatic N) is 1. The summed E-state index contributed by atoms with van der Waals surface area (Å²) in [5.74, 6) is -0.0296. The Kier molecular flexibility index (Phi) is 4.82. The number of aliphatic hydroxyl groups is 1. The van der Waals surface area contributed by atoms with Crippen LogP contribution >= 0.6 is 43.2 Å². The lowest BCUT2D eigenvalue weighted by molar-refractivity contribution is -0.0667. The van der Waals surface area contributed by atoms with Gasteiger partial charge in [-0.25, -0.2) is 0 Å². The van der Waals surface area contributed by atoms with Crippen molar-refractivity contribution >= 4 is 49.1 Å². The van der Waals surface area contributed by atoms with Crippen molar-refractivity contribution in [3.8, 4) is 0 Å². The molecule has 1 aliphatic rings. The molecule has 4 nitrogen and oxygen atoms in total. The van der Waals surface area contributed by atoms with Gasteiger partial charge in [-0.05, 0) is 44.8 Å². The van der Waals surface area contributed by atoms with Gasteiger partial charge in [-0.15, -0.1) is 11.3 Å². The predicted molar refractivity (Wildman–Crippen MR) is 77.0 cm³/mol. The summed E-state index contributed by atoms with van der Waals surface area (Å²) in [5.41, 5.74) is 0.650. The molecule has 2 atom stereocenters. The molecule has 2 rings (SSSR count). The SMILES string of the molecule is CC1COC(CO)CN1C(=O)c1cc(Br)sc1Br. The van der Waals surface area contributed by atoms with Crippen LogP contribution in [0.25, 0.3) is 0 Å². The van der Waals surface area contributed by atoms with Crippen LogP contribution < -0.4 is 0 Å². The molecule has 0 radical (unpaired) electrons. The fraction of sp³-hybridized carbons (Fsp3) is 0.545. The topological polar surface area (TPSA) is 49.8 Å². The number of thiophene rings is 1. The summed E-state index contributed by atoms with van der Waals surface area (Å²) in [6.45, 7) is 2.77. The molecule has 100 valence electrons. The Hall–Kier alpha value is 0.0500. The fourth-order valence-corrected chi connectivity index (χ4v) is 4.63. The van der Waals surface area contributed by atoms with E-state index in [-0.39, 0.29) is 24.7 Å². The normalized spacial score (nSPS) is 24.3. The molecule has 1 aromatic heterocycles. The second kappa shape index (κ2) is 6.00. The fourth-order valence-electron chi connectivity index (χ4n) is 1.85. The number of morpholine rings is 1. The van der Waals surface area contributed by atoms with E-state index < -0.39 is 0 Å². The molecule has 0 bridgehead atoms. The first-order valence-corrected chi connectivity index (χ1v) is 7.91. The van der Waals surface area contributed by atoms with Gasteiger partial charge in [0.25, 0.3) is 5.91 Å². The second-order valence-electron chi connectivity index (χ2n) is 4.18. The maximum Gasteiger partial charge on any atom is 0.256 e. The van der Waals surface area contributed by atoms with Gasteiger partial charge in [-0.2, -0.15) is 0 Å². The summed E-state index contributed by atoms with van der Waals surface area (Å²) in [7, 11) is 0. The lowest BCUT2D eigenvalue weighted by atomic mass is 10.1. The van der Waals surface area contributed by atoms with Crippen molar-refractivity contribution in [3.05, 3.63) is 19.2 Å². The number of carbonyl (C=O) groups is 1. The lowest BCUT2D eigenvalue weighted by Gasteiger charge is -2.37. The first-order valence-electron chi connectivity index (χ1n) is 5.51. The maximum absolute atomic E-state index is 12.5. The van der Waals surface area contributed by atoms with Crippen molar-refractivity contribution in [3.63, 3.8) is 0 Å². The summed E-state index contributed by atoms with van der Waals surface area (Å²) in [6, 6.07) is 1.83. The Morgan fingerprint density at radius 2 is 2.39 bits per heavy atom. The average molecular weight is 399 g/mol. The Morgan fingerprint density at radius 3 is 2.94 bits per heavy atom. The van der Waals surface area contributed by atoms with Crippen LogP contribution in [-0.2, 0) is 4.74 Å². The van der Waals surface area contributed by atoms with Crippen LogP contribution in [0.1, 0.15) is 17.3 Å². The Labute approximate surface area is 126 Å². The molecule has 1 saturated heterocycles. The van der Waals surface area contributed by atoms with E-state index in [1.807, 2.05) is 13.0 Å². The zero-order valence-electron chi connectivity index (χ0n) is 9.73. The number of hydrogen-bond acceptors (Lipinski definition) is 4. The number of hydrogen-bond donors (Lipinski definition) is 1. The highest BCUT2D eigenvalue weighted by atomic mass is 79.9.